The van der Waals surface area contributed by atoms with E-state index < -0.39 is 0 Å². The molecular formula is C14H19NO2S. The Hall–Kier alpha value is -1.00. The molecule has 1 aliphatic rings. The smallest absolute Gasteiger partial charge is 0.255 e. The van der Waals surface area contributed by atoms with E-state index in [-0.39, 0.29) is 12.5 Å². The number of rotatable bonds is 5. The van der Waals surface area contributed by atoms with Gasteiger partial charge in [-0.25, -0.2) is 0 Å². The largest absolute Gasteiger partial charge is 0.395 e. The highest BCUT2D eigenvalue weighted by Crippen LogP contribution is 2.28. The Balaban J connectivity index is 2.21. The van der Waals surface area contributed by atoms with E-state index >= 15 is 0 Å². The van der Waals surface area contributed by atoms with Gasteiger partial charge < -0.3 is 10.0 Å². The summed E-state index contributed by atoms with van der Waals surface area (Å²) in [6.07, 6.45) is 5.29. The Morgan fingerprint density at radius 2 is 2.17 bits per heavy atom. The van der Waals surface area contributed by atoms with Gasteiger partial charge in [-0.15, -0.1) is 11.8 Å². The van der Waals surface area contributed by atoms with Gasteiger partial charge >= 0.3 is 0 Å². The summed E-state index contributed by atoms with van der Waals surface area (Å²) in [6.45, 7) is 0.468. The normalized spacial score (nSPS) is 15.2. The lowest BCUT2D eigenvalue weighted by atomic mass is 9.91. The molecule has 0 aliphatic heterocycles. The molecule has 1 N–H and O–H groups in total. The molecule has 4 heteroatoms. The van der Waals surface area contributed by atoms with Crippen molar-refractivity contribution < 1.29 is 9.90 Å². The molecule has 0 unspecified atom stereocenters. The minimum absolute atomic E-state index is 0.0314. The van der Waals surface area contributed by atoms with Crippen LogP contribution in [0.5, 0.6) is 0 Å². The van der Waals surface area contributed by atoms with Crippen LogP contribution in [0.15, 0.2) is 29.2 Å². The average molecular weight is 265 g/mol. The quantitative estimate of drug-likeness (QED) is 0.831. The first-order valence-corrected chi connectivity index (χ1v) is 7.55. The molecule has 1 saturated carbocycles. The van der Waals surface area contributed by atoms with Crippen LogP contribution in [0, 0.1) is 0 Å². The summed E-state index contributed by atoms with van der Waals surface area (Å²) in [5, 5.41) is 9.13. The van der Waals surface area contributed by atoms with Gasteiger partial charge in [0.15, 0.2) is 0 Å². The zero-order valence-corrected chi connectivity index (χ0v) is 11.4. The molecular weight excluding hydrogens is 246 g/mol. The molecule has 1 amide bonds. The fraction of sp³-hybridized carbons (Fsp3) is 0.500. The number of hydrogen-bond acceptors (Lipinski definition) is 3. The van der Waals surface area contributed by atoms with Gasteiger partial charge in [0.1, 0.15) is 0 Å². The molecule has 0 radical (unpaired) electrons. The highest BCUT2D eigenvalue weighted by Gasteiger charge is 2.29. The molecule has 1 aliphatic carbocycles. The van der Waals surface area contributed by atoms with Gasteiger partial charge in [0, 0.05) is 17.5 Å². The maximum absolute atomic E-state index is 12.6. The molecule has 0 atom stereocenters. The van der Waals surface area contributed by atoms with E-state index in [1.165, 1.54) is 6.42 Å². The number of carbonyl (C=O) groups is 1. The van der Waals surface area contributed by atoms with Gasteiger partial charge in [-0.1, -0.05) is 12.1 Å². The number of hydrogen-bond donors (Lipinski definition) is 1. The second kappa shape index (κ2) is 6.25. The molecule has 0 heterocycles. The first-order valence-electron chi connectivity index (χ1n) is 6.32. The molecule has 0 aromatic heterocycles. The molecule has 98 valence electrons. The van der Waals surface area contributed by atoms with Crippen LogP contribution in [-0.4, -0.2) is 41.4 Å². The van der Waals surface area contributed by atoms with Crippen LogP contribution in [0.25, 0.3) is 0 Å². The Morgan fingerprint density at radius 3 is 2.72 bits per heavy atom. The van der Waals surface area contributed by atoms with E-state index in [2.05, 4.69) is 0 Å². The van der Waals surface area contributed by atoms with E-state index in [1.807, 2.05) is 35.4 Å². The Labute approximate surface area is 112 Å². The molecule has 0 saturated heterocycles. The fourth-order valence-corrected chi connectivity index (χ4v) is 2.82. The number of amides is 1. The zero-order chi connectivity index (χ0) is 13.0. The monoisotopic (exact) mass is 265 g/mol. The fourth-order valence-electron chi connectivity index (χ4n) is 2.23. The molecule has 1 aromatic rings. The van der Waals surface area contributed by atoms with E-state index in [9.17, 15) is 4.79 Å². The minimum atomic E-state index is 0.0314. The number of carbonyl (C=O) groups excluding carboxylic acids is 1. The summed E-state index contributed by atoms with van der Waals surface area (Å²) in [5.74, 6) is 0.0544. The van der Waals surface area contributed by atoms with Crippen molar-refractivity contribution in [1.29, 1.82) is 0 Å². The molecule has 2 rings (SSSR count). The molecule has 0 bridgehead atoms. The molecule has 3 nitrogen and oxygen atoms in total. The summed E-state index contributed by atoms with van der Waals surface area (Å²) in [6, 6.07) is 8.00. The van der Waals surface area contributed by atoms with Crippen LogP contribution in [0.4, 0.5) is 0 Å². The Bertz CT molecular complexity index is 418. The molecule has 18 heavy (non-hydrogen) atoms. The average Bonchev–Trinajstić information content (AvgIpc) is 2.35. The van der Waals surface area contributed by atoms with Crippen LogP contribution < -0.4 is 0 Å². The van der Waals surface area contributed by atoms with Gasteiger partial charge in [0.05, 0.1) is 12.2 Å². The Kier molecular flexibility index (Phi) is 4.66. The van der Waals surface area contributed by atoms with E-state index in [4.69, 9.17) is 5.11 Å². The number of aliphatic hydroxyl groups is 1. The van der Waals surface area contributed by atoms with Gasteiger partial charge in [-0.2, -0.15) is 0 Å². The first kappa shape index (κ1) is 13.4. The van der Waals surface area contributed by atoms with Crippen molar-refractivity contribution >= 4 is 17.7 Å². The van der Waals surface area contributed by atoms with Gasteiger partial charge in [0.25, 0.3) is 5.91 Å². The SMILES string of the molecule is CSc1ccccc1C(=O)N(CCO)C1CCC1. The maximum atomic E-state index is 12.6. The van der Waals surface area contributed by atoms with Crippen LogP contribution in [0.1, 0.15) is 29.6 Å². The lowest BCUT2D eigenvalue weighted by molar-refractivity contribution is 0.0522. The highest BCUT2D eigenvalue weighted by atomic mass is 32.2. The van der Waals surface area contributed by atoms with E-state index in [0.29, 0.717) is 12.6 Å². The lowest BCUT2D eigenvalue weighted by Gasteiger charge is -2.37. The first-order chi connectivity index (χ1) is 8.77. The van der Waals surface area contributed by atoms with Crippen LogP contribution in [0.2, 0.25) is 0 Å². The second-order valence-corrected chi connectivity index (χ2v) is 5.36. The second-order valence-electron chi connectivity index (χ2n) is 4.51. The number of aliphatic hydroxyl groups excluding tert-OH is 1. The van der Waals surface area contributed by atoms with Crippen molar-refractivity contribution in [2.24, 2.45) is 0 Å². The van der Waals surface area contributed by atoms with Crippen molar-refractivity contribution in [3.8, 4) is 0 Å². The third-order valence-corrected chi connectivity index (χ3v) is 4.25. The van der Waals surface area contributed by atoms with Gasteiger partial charge in [0.2, 0.25) is 0 Å². The van der Waals surface area contributed by atoms with Crippen molar-refractivity contribution in [2.75, 3.05) is 19.4 Å². The highest BCUT2D eigenvalue weighted by molar-refractivity contribution is 7.98. The van der Waals surface area contributed by atoms with Gasteiger partial charge in [-0.05, 0) is 37.7 Å². The summed E-state index contributed by atoms with van der Waals surface area (Å²) >= 11 is 1.59. The summed E-state index contributed by atoms with van der Waals surface area (Å²) in [7, 11) is 0. The van der Waals surface area contributed by atoms with Crippen molar-refractivity contribution in [2.45, 2.75) is 30.2 Å². The summed E-state index contributed by atoms with van der Waals surface area (Å²) in [5.41, 5.74) is 0.755. The van der Waals surface area contributed by atoms with Crippen LogP contribution in [-0.2, 0) is 0 Å². The zero-order valence-electron chi connectivity index (χ0n) is 10.6. The number of nitrogens with zero attached hydrogens (tertiary/aromatic N) is 1. The van der Waals surface area contributed by atoms with Gasteiger partial charge in [-0.3, -0.25) is 4.79 Å². The van der Waals surface area contributed by atoms with Crippen LogP contribution in [0.3, 0.4) is 0 Å². The topological polar surface area (TPSA) is 40.5 Å². The summed E-state index contributed by atoms with van der Waals surface area (Å²) in [4.78, 5) is 15.4. The summed E-state index contributed by atoms with van der Waals surface area (Å²) < 4.78 is 0. The van der Waals surface area contributed by atoms with Crippen molar-refractivity contribution in [3.05, 3.63) is 29.8 Å². The predicted molar refractivity (Wildman–Crippen MR) is 74.0 cm³/mol. The van der Waals surface area contributed by atoms with Crippen LogP contribution >= 0.6 is 11.8 Å². The number of benzene rings is 1. The third kappa shape index (κ3) is 2.70. The maximum Gasteiger partial charge on any atom is 0.255 e. The van der Waals surface area contributed by atoms with E-state index in [0.717, 1.165) is 23.3 Å². The number of thioether (sulfide) groups is 1. The lowest BCUT2D eigenvalue weighted by Crippen LogP contribution is -2.45. The molecule has 1 aromatic carbocycles. The van der Waals surface area contributed by atoms with Crippen molar-refractivity contribution in [3.63, 3.8) is 0 Å². The standard InChI is InChI=1S/C14H19NO2S/c1-18-13-8-3-2-7-12(13)14(17)15(9-10-16)11-5-4-6-11/h2-3,7-8,11,16H,4-6,9-10H2,1H3. The predicted octanol–water partition coefficient (Wildman–Crippen LogP) is 2.40. The van der Waals surface area contributed by atoms with Crippen molar-refractivity contribution in [1.82, 2.24) is 4.90 Å². The molecule has 0 spiro atoms. The van der Waals surface area contributed by atoms with E-state index in [1.54, 1.807) is 11.8 Å². The Morgan fingerprint density at radius 1 is 1.44 bits per heavy atom. The molecule has 1 fully saturated rings. The third-order valence-electron chi connectivity index (χ3n) is 3.45. The minimum Gasteiger partial charge on any atom is -0.395 e.